The maximum Gasteiger partial charge on any atom is 0.326 e. The van der Waals surface area contributed by atoms with E-state index in [2.05, 4.69) is 16.0 Å². The van der Waals surface area contributed by atoms with Crippen molar-refractivity contribution in [1.82, 2.24) is 16.0 Å². The number of carbonyl (C=O) groups excluding carboxylic acids is 3. The number of amides is 3. The molecular weight excluding hydrogens is 396 g/mol. The first-order valence-electron chi connectivity index (χ1n) is 9.80. The summed E-state index contributed by atoms with van der Waals surface area (Å²) in [6, 6.07) is -4.55. The van der Waals surface area contributed by atoms with Crippen LogP contribution >= 0.6 is 0 Å². The third kappa shape index (κ3) is 8.76. The Kier molecular flexibility index (Phi) is 11.0. The summed E-state index contributed by atoms with van der Waals surface area (Å²) < 4.78 is 0. The van der Waals surface area contributed by atoms with E-state index in [0.29, 0.717) is 0 Å². The van der Waals surface area contributed by atoms with Crippen LogP contribution in [0.15, 0.2) is 0 Å². The second kappa shape index (κ2) is 12.1. The molecule has 0 aliphatic rings. The minimum absolute atomic E-state index is 0.141. The Bertz CT molecular complexity index is 649. The summed E-state index contributed by atoms with van der Waals surface area (Å²) in [6.45, 7) is 10.2. The lowest BCUT2D eigenvalue weighted by atomic mass is 9.98. The van der Waals surface area contributed by atoms with Crippen LogP contribution in [0.4, 0.5) is 0 Å². The Labute approximate surface area is 176 Å². The fourth-order valence-corrected chi connectivity index (χ4v) is 2.50. The van der Waals surface area contributed by atoms with E-state index in [9.17, 15) is 24.0 Å². The van der Waals surface area contributed by atoms with Crippen molar-refractivity contribution in [2.45, 2.75) is 72.1 Å². The number of hydrogen-bond acceptors (Lipinski definition) is 6. The highest BCUT2D eigenvalue weighted by Crippen LogP contribution is 2.09. The maximum atomic E-state index is 12.8. The van der Waals surface area contributed by atoms with Gasteiger partial charge in [-0.15, -0.1) is 0 Å². The van der Waals surface area contributed by atoms with E-state index < -0.39 is 66.2 Å². The molecule has 0 bridgehead atoms. The normalized spacial score (nSPS) is 15.3. The van der Waals surface area contributed by atoms with Crippen molar-refractivity contribution in [3.05, 3.63) is 0 Å². The van der Waals surface area contributed by atoms with Crippen molar-refractivity contribution in [1.29, 1.82) is 0 Å². The Balaban J connectivity index is 5.39. The van der Waals surface area contributed by atoms with Gasteiger partial charge in [0.1, 0.15) is 18.1 Å². The molecule has 11 nitrogen and oxygen atoms in total. The first kappa shape index (κ1) is 27.3. The molecule has 7 N–H and O–H groups in total. The molecule has 11 heteroatoms. The Morgan fingerprint density at radius 1 is 0.700 bits per heavy atom. The average Bonchev–Trinajstić information content (AvgIpc) is 2.60. The molecule has 0 aliphatic heterocycles. The van der Waals surface area contributed by atoms with Gasteiger partial charge in [-0.2, -0.15) is 0 Å². The molecule has 3 amide bonds. The van der Waals surface area contributed by atoms with Crippen LogP contribution in [0.25, 0.3) is 0 Å². The van der Waals surface area contributed by atoms with Crippen molar-refractivity contribution in [2.24, 2.45) is 23.5 Å². The number of nitrogens with two attached hydrogens (primary N) is 1. The Hall–Kier alpha value is -2.69. The first-order chi connectivity index (χ1) is 13.7. The Morgan fingerprint density at radius 3 is 1.43 bits per heavy atom. The lowest BCUT2D eigenvalue weighted by Gasteiger charge is -2.28. The van der Waals surface area contributed by atoms with Gasteiger partial charge in [0.25, 0.3) is 0 Å². The predicted molar refractivity (Wildman–Crippen MR) is 108 cm³/mol. The number of aliphatic carboxylic acids is 2. The fourth-order valence-electron chi connectivity index (χ4n) is 2.50. The summed E-state index contributed by atoms with van der Waals surface area (Å²) in [5, 5.41) is 25.2. The van der Waals surface area contributed by atoms with E-state index in [1.54, 1.807) is 41.5 Å². The zero-order chi connectivity index (χ0) is 23.8. The number of carboxylic acid groups (broad SMARTS) is 2. The van der Waals surface area contributed by atoms with E-state index in [4.69, 9.17) is 15.9 Å². The monoisotopic (exact) mass is 430 g/mol. The van der Waals surface area contributed by atoms with Crippen molar-refractivity contribution >= 4 is 29.7 Å². The molecule has 30 heavy (non-hydrogen) atoms. The largest absolute Gasteiger partial charge is 0.481 e. The number of carboxylic acids is 2. The zero-order valence-electron chi connectivity index (χ0n) is 18.3. The van der Waals surface area contributed by atoms with Gasteiger partial charge in [0, 0.05) is 0 Å². The molecule has 0 fully saturated rings. The van der Waals surface area contributed by atoms with Crippen LogP contribution in [-0.4, -0.2) is 64.0 Å². The second-order valence-electron chi connectivity index (χ2n) is 8.23. The van der Waals surface area contributed by atoms with Gasteiger partial charge in [-0.1, -0.05) is 41.5 Å². The summed E-state index contributed by atoms with van der Waals surface area (Å²) >= 11 is 0. The van der Waals surface area contributed by atoms with Gasteiger partial charge in [0.2, 0.25) is 17.7 Å². The predicted octanol–water partition coefficient (Wildman–Crippen LogP) is -0.705. The smallest absolute Gasteiger partial charge is 0.326 e. The lowest BCUT2D eigenvalue weighted by Crippen LogP contribution is -2.60. The van der Waals surface area contributed by atoms with E-state index in [-0.39, 0.29) is 11.8 Å². The van der Waals surface area contributed by atoms with Crippen LogP contribution in [-0.2, 0) is 24.0 Å². The van der Waals surface area contributed by atoms with Crippen LogP contribution < -0.4 is 21.7 Å². The van der Waals surface area contributed by atoms with Crippen LogP contribution in [0.5, 0.6) is 0 Å². The highest BCUT2D eigenvalue weighted by Gasteiger charge is 2.33. The zero-order valence-corrected chi connectivity index (χ0v) is 18.3. The standard InChI is InChI=1S/C19H34N4O7/c1-8(2)13(20)16(26)22-15(10(5)6)18(28)23-14(9(3)4)17(27)21-11(19(29)30)7-12(24)25/h8-11,13-15H,7,20H2,1-6H3,(H,21,27)(H,22,26)(H,23,28)(H,24,25)(H,29,30). The molecule has 0 saturated heterocycles. The molecule has 0 rings (SSSR count). The molecule has 0 saturated carbocycles. The quantitative estimate of drug-likeness (QED) is 0.234. The van der Waals surface area contributed by atoms with Gasteiger partial charge >= 0.3 is 11.9 Å². The molecule has 0 aromatic heterocycles. The van der Waals surface area contributed by atoms with Gasteiger partial charge in [-0.05, 0) is 17.8 Å². The van der Waals surface area contributed by atoms with Crippen LogP contribution in [0.1, 0.15) is 48.0 Å². The number of hydrogen-bond donors (Lipinski definition) is 6. The van der Waals surface area contributed by atoms with E-state index in [1.165, 1.54) is 0 Å². The van der Waals surface area contributed by atoms with Gasteiger partial charge in [-0.3, -0.25) is 19.2 Å². The third-order valence-electron chi connectivity index (χ3n) is 4.51. The lowest BCUT2D eigenvalue weighted by molar-refractivity contribution is -0.147. The van der Waals surface area contributed by atoms with Gasteiger partial charge < -0.3 is 31.9 Å². The number of rotatable bonds is 12. The summed E-state index contributed by atoms with van der Waals surface area (Å²) in [4.78, 5) is 59.6. The van der Waals surface area contributed by atoms with E-state index in [0.717, 1.165) is 0 Å². The summed E-state index contributed by atoms with van der Waals surface area (Å²) in [5.41, 5.74) is 5.82. The molecule has 0 radical (unpaired) electrons. The molecular formula is C19H34N4O7. The summed E-state index contributed by atoms with van der Waals surface area (Å²) in [6.07, 6.45) is -0.808. The van der Waals surface area contributed by atoms with Crippen LogP contribution in [0.3, 0.4) is 0 Å². The average molecular weight is 431 g/mol. The highest BCUT2D eigenvalue weighted by atomic mass is 16.4. The number of nitrogens with one attached hydrogen (secondary N) is 3. The topological polar surface area (TPSA) is 188 Å². The van der Waals surface area contributed by atoms with E-state index >= 15 is 0 Å². The van der Waals surface area contributed by atoms with Gasteiger partial charge in [0.15, 0.2) is 0 Å². The van der Waals surface area contributed by atoms with E-state index in [1.807, 2.05) is 0 Å². The summed E-state index contributed by atoms with van der Waals surface area (Å²) in [7, 11) is 0. The van der Waals surface area contributed by atoms with Crippen molar-refractivity contribution in [2.75, 3.05) is 0 Å². The molecule has 0 aromatic rings. The van der Waals surface area contributed by atoms with Crippen molar-refractivity contribution < 1.29 is 34.2 Å². The maximum absolute atomic E-state index is 12.8. The van der Waals surface area contributed by atoms with Crippen LogP contribution in [0.2, 0.25) is 0 Å². The van der Waals surface area contributed by atoms with Crippen LogP contribution in [0, 0.1) is 17.8 Å². The van der Waals surface area contributed by atoms with Crippen molar-refractivity contribution in [3.8, 4) is 0 Å². The molecule has 4 atom stereocenters. The SMILES string of the molecule is CC(C)C(N)C(=O)NC(C(=O)NC(C(=O)NC(CC(=O)O)C(=O)O)C(C)C)C(C)C. The molecule has 0 spiro atoms. The fraction of sp³-hybridized carbons (Fsp3) is 0.737. The molecule has 0 aliphatic carbocycles. The molecule has 4 unspecified atom stereocenters. The summed E-state index contributed by atoms with van der Waals surface area (Å²) in [5.74, 6) is -5.76. The second-order valence-corrected chi connectivity index (χ2v) is 8.23. The first-order valence-corrected chi connectivity index (χ1v) is 9.80. The minimum atomic E-state index is -1.64. The van der Waals surface area contributed by atoms with Gasteiger partial charge in [-0.25, -0.2) is 4.79 Å². The van der Waals surface area contributed by atoms with Gasteiger partial charge in [0.05, 0.1) is 12.5 Å². The third-order valence-corrected chi connectivity index (χ3v) is 4.51. The number of carbonyl (C=O) groups is 5. The minimum Gasteiger partial charge on any atom is -0.481 e. The Morgan fingerprint density at radius 2 is 1.10 bits per heavy atom. The molecule has 0 heterocycles. The highest BCUT2D eigenvalue weighted by molar-refractivity contribution is 5.94. The van der Waals surface area contributed by atoms with Crippen molar-refractivity contribution in [3.63, 3.8) is 0 Å². The molecule has 0 aromatic carbocycles. The molecule has 172 valence electrons.